The number of nitrogens with one attached hydrogen (secondary N) is 2. The van der Waals surface area contributed by atoms with E-state index in [2.05, 4.69) is 26.6 Å². The minimum absolute atomic E-state index is 0.0805. The summed E-state index contributed by atoms with van der Waals surface area (Å²) < 4.78 is 13.3. The van der Waals surface area contributed by atoms with Gasteiger partial charge in [-0.1, -0.05) is 0 Å². The van der Waals surface area contributed by atoms with Gasteiger partial charge in [-0.2, -0.15) is 0 Å². The first-order chi connectivity index (χ1) is 9.38. The van der Waals surface area contributed by atoms with Gasteiger partial charge in [0.1, 0.15) is 5.82 Å². The lowest BCUT2D eigenvalue weighted by Gasteiger charge is -2.14. The molecule has 0 heterocycles. The van der Waals surface area contributed by atoms with Gasteiger partial charge in [0.05, 0.1) is 5.69 Å². The molecule has 0 saturated carbocycles. The number of anilines is 1. The molecule has 0 aliphatic carbocycles. The normalized spacial score (nSPS) is 11.8. The molecule has 110 valence electrons. The van der Waals surface area contributed by atoms with Gasteiger partial charge in [-0.05, 0) is 53.9 Å². The first kappa shape index (κ1) is 16.4. The lowest BCUT2D eigenvalue weighted by Crippen LogP contribution is -2.36. The fourth-order valence-corrected chi connectivity index (χ4v) is 2.05. The molecule has 0 fully saturated rings. The van der Waals surface area contributed by atoms with Gasteiger partial charge in [0.15, 0.2) is 0 Å². The molecule has 1 atom stereocenters. The molecule has 0 aromatic heterocycles. The molecule has 0 radical (unpaired) electrons. The van der Waals surface area contributed by atoms with Crippen molar-refractivity contribution >= 4 is 33.6 Å². The van der Waals surface area contributed by atoms with Crippen molar-refractivity contribution in [2.24, 2.45) is 0 Å². The number of benzene rings is 1. The van der Waals surface area contributed by atoms with Crippen LogP contribution in [0.15, 0.2) is 22.7 Å². The third-order valence-electron chi connectivity index (χ3n) is 2.58. The molecule has 0 aliphatic heterocycles. The Hall–Kier alpha value is -1.63. The molecule has 0 spiro atoms. The Morgan fingerprint density at radius 1 is 1.45 bits per heavy atom. The van der Waals surface area contributed by atoms with Gasteiger partial charge in [0.25, 0.3) is 0 Å². The van der Waals surface area contributed by atoms with E-state index in [1.54, 1.807) is 6.92 Å². The maximum Gasteiger partial charge on any atom is 0.319 e. The third-order valence-corrected chi connectivity index (χ3v) is 3.24. The van der Waals surface area contributed by atoms with Crippen LogP contribution in [-0.2, 0) is 4.79 Å². The highest BCUT2D eigenvalue weighted by molar-refractivity contribution is 9.10. The van der Waals surface area contributed by atoms with Crippen LogP contribution in [0.2, 0.25) is 0 Å². The van der Waals surface area contributed by atoms with E-state index in [4.69, 9.17) is 5.11 Å². The van der Waals surface area contributed by atoms with Gasteiger partial charge in [0, 0.05) is 16.9 Å². The second-order valence-corrected chi connectivity index (χ2v) is 5.26. The zero-order valence-electron chi connectivity index (χ0n) is 11.0. The van der Waals surface area contributed by atoms with Gasteiger partial charge >= 0.3 is 12.0 Å². The molecule has 1 unspecified atom stereocenters. The Bertz CT molecular complexity index is 497. The number of carboxylic acids is 1. The first-order valence-corrected chi connectivity index (χ1v) is 6.92. The van der Waals surface area contributed by atoms with Crippen LogP contribution >= 0.6 is 15.9 Å². The van der Waals surface area contributed by atoms with Crippen LogP contribution < -0.4 is 10.6 Å². The molecule has 1 aromatic carbocycles. The second-order valence-electron chi connectivity index (χ2n) is 4.41. The number of rotatable bonds is 6. The average molecular weight is 347 g/mol. The molecular formula is C13H16BrFN2O3. The lowest BCUT2D eigenvalue weighted by molar-refractivity contribution is -0.137. The van der Waals surface area contributed by atoms with Crippen molar-refractivity contribution in [3.63, 3.8) is 0 Å². The summed E-state index contributed by atoms with van der Waals surface area (Å²) in [6.45, 7) is 1.79. The van der Waals surface area contributed by atoms with Crippen molar-refractivity contribution in [1.29, 1.82) is 0 Å². The van der Waals surface area contributed by atoms with Crippen LogP contribution in [0.3, 0.4) is 0 Å². The number of amides is 2. The molecule has 0 bridgehead atoms. The molecule has 1 aromatic rings. The third kappa shape index (κ3) is 6.01. The van der Waals surface area contributed by atoms with Gasteiger partial charge < -0.3 is 15.7 Å². The van der Waals surface area contributed by atoms with Crippen LogP contribution in [0.5, 0.6) is 0 Å². The van der Waals surface area contributed by atoms with Gasteiger partial charge in [-0.15, -0.1) is 0 Å². The summed E-state index contributed by atoms with van der Waals surface area (Å²) in [5.41, 5.74) is 0.460. The Morgan fingerprint density at radius 3 is 2.75 bits per heavy atom. The smallest absolute Gasteiger partial charge is 0.319 e. The maximum atomic E-state index is 12.9. The summed E-state index contributed by atoms with van der Waals surface area (Å²) in [5, 5.41) is 13.8. The summed E-state index contributed by atoms with van der Waals surface area (Å²) in [4.78, 5) is 22.1. The van der Waals surface area contributed by atoms with Crippen LogP contribution in [-0.4, -0.2) is 23.1 Å². The van der Waals surface area contributed by atoms with E-state index >= 15 is 0 Å². The molecule has 20 heavy (non-hydrogen) atoms. The van der Waals surface area contributed by atoms with E-state index in [1.165, 1.54) is 18.2 Å². The topological polar surface area (TPSA) is 78.4 Å². The number of urea groups is 1. The van der Waals surface area contributed by atoms with E-state index in [9.17, 15) is 14.0 Å². The average Bonchev–Trinajstić information content (AvgIpc) is 2.32. The predicted molar refractivity (Wildman–Crippen MR) is 77.2 cm³/mol. The van der Waals surface area contributed by atoms with Crippen molar-refractivity contribution in [2.45, 2.75) is 32.2 Å². The Morgan fingerprint density at radius 2 is 2.15 bits per heavy atom. The summed E-state index contributed by atoms with van der Waals surface area (Å²) in [7, 11) is 0. The first-order valence-electron chi connectivity index (χ1n) is 6.13. The second kappa shape index (κ2) is 7.84. The Balaban J connectivity index is 2.41. The number of hydrogen-bond donors (Lipinski definition) is 3. The molecule has 7 heteroatoms. The van der Waals surface area contributed by atoms with E-state index in [1.807, 2.05) is 0 Å². The van der Waals surface area contributed by atoms with Crippen molar-refractivity contribution < 1.29 is 19.1 Å². The van der Waals surface area contributed by atoms with Gasteiger partial charge in [0.2, 0.25) is 0 Å². The van der Waals surface area contributed by atoms with Crippen molar-refractivity contribution in [1.82, 2.24) is 5.32 Å². The van der Waals surface area contributed by atoms with E-state index in [0.717, 1.165) is 0 Å². The number of hydrogen-bond acceptors (Lipinski definition) is 2. The number of aliphatic carboxylic acids is 1. The van der Waals surface area contributed by atoms with Crippen LogP contribution in [0.1, 0.15) is 26.2 Å². The number of carbonyl (C=O) groups excluding carboxylic acids is 1. The summed E-state index contributed by atoms with van der Waals surface area (Å²) in [5.74, 6) is -1.25. The quantitative estimate of drug-likeness (QED) is 0.738. The van der Waals surface area contributed by atoms with E-state index < -0.39 is 17.8 Å². The zero-order chi connectivity index (χ0) is 15.1. The Kier molecular flexibility index (Phi) is 6.44. The lowest BCUT2D eigenvalue weighted by atomic mass is 10.1. The number of carboxylic acid groups (broad SMARTS) is 1. The highest BCUT2D eigenvalue weighted by Gasteiger charge is 2.10. The zero-order valence-corrected chi connectivity index (χ0v) is 12.5. The van der Waals surface area contributed by atoms with Crippen molar-refractivity contribution in [3.05, 3.63) is 28.5 Å². The molecule has 1 rings (SSSR count). The van der Waals surface area contributed by atoms with E-state index in [-0.39, 0.29) is 12.5 Å². The van der Waals surface area contributed by atoms with Crippen LogP contribution in [0.25, 0.3) is 0 Å². The summed E-state index contributed by atoms with van der Waals surface area (Å²) in [6.07, 6.45) is 1.15. The molecule has 0 aliphatic rings. The Labute approximate surface area is 124 Å². The standard InChI is InChI=1S/C13H16BrFN2O3/c1-8(3-2-4-12(18)19)16-13(20)17-11-6-5-9(15)7-10(11)14/h5-8H,2-4H2,1H3,(H,18,19)(H2,16,17,20). The fourth-order valence-electron chi connectivity index (χ4n) is 1.60. The number of carbonyl (C=O) groups is 2. The molecule has 2 amide bonds. The molecule has 0 saturated heterocycles. The SMILES string of the molecule is CC(CCCC(=O)O)NC(=O)Nc1ccc(F)cc1Br. The molecular weight excluding hydrogens is 331 g/mol. The summed E-state index contributed by atoms with van der Waals surface area (Å²) in [6, 6.07) is 3.39. The van der Waals surface area contributed by atoms with Crippen LogP contribution in [0, 0.1) is 5.82 Å². The minimum atomic E-state index is -0.850. The van der Waals surface area contributed by atoms with Crippen LogP contribution in [0.4, 0.5) is 14.9 Å². The van der Waals surface area contributed by atoms with Crippen molar-refractivity contribution in [2.75, 3.05) is 5.32 Å². The maximum absolute atomic E-state index is 12.9. The predicted octanol–water partition coefficient (Wildman–Crippen LogP) is 3.35. The monoisotopic (exact) mass is 346 g/mol. The highest BCUT2D eigenvalue weighted by atomic mass is 79.9. The largest absolute Gasteiger partial charge is 0.481 e. The highest BCUT2D eigenvalue weighted by Crippen LogP contribution is 2.22. The van der Waals surface area contributed by atoms with Gasteiger partial charge in [-0.3, -0.25) is 4.79 Å². The van der Waals surface area contributed by atoms with E-state index in [0.29, 0.717) is 23.0 Å². The van der Waals surface area contributed by atoms with Crippen molar-refractivity contribution in [3.8, 4) is 0 Å². The molecule has 5 nitrogen and oxygen atoms in total. The summed E-state index contributed by atoms with van der Waals surface area (Å²) >= 11 is 3.15. The molecule has 3 N–H and O–H groups in total. The minimum Gasteiger partial charge on any atom is -0.481 e. The number of halogens is 2. The van der Waals surface area contributed by atoms with Gasteiger partial charge in [-0.25, -0.2) is 9.18 Å². The fraction of sp³-hybridized carbons (Fsp3) is 0.385.